The van der Waals surface area contributed by atoms with E-state index in [1.54, 1.807) is 0 Å². The van der Waals surface area contributed by atoms with Gasteiger partial charge >= 0.3 is 0 Å². The summed E-state index contributed by atoms with van der Waals surface area (Å²) < 4.78 is 7.31. The first-order chi connectivity index (χ1) is 29.3. The summed E-state index contributed by atoms with van der Waals surface area (Å²) in [5.74, 6) is 0.656. The van der Waals surface area contributed by atoms with Gasteiger partial charge in [-0.3, -0.25) is 4.57 Å². The number of fused-ring (bicyclic) bond motifs is 13. The molecule has 5 heteroatoms. The van der Waals surface area contributed by atoms with Crippen LogP contribution in [0.15, 0.2) is 194 Å². The fourth-order valence-corrected chi connectivity index (χ4v) is 10.6. The highest BCUT2D eigenvalue weighted by Gasteiger charge is 2.23. The zero-order valence-electron chi connectivity index (χ0n) is 31.7. The molecule has 4 aromatic heterocycles. The van der Waals surface area contributed by atoms with E-state index in [0.717, 1.165) is 33.5 Å². The lowest BCUT2D eigenvalue weighted by Gasteiger charge is -2.13. The topological polar surface area (TPSA) is 35.6 Å². The van der Waals surface area contributed by atoms with Gasteiger partial charge in [-0.2, -0.15) is 0 Å². The smallest absolute Gasteiger partial charge is 0.235 e. The van der Waals surface area contributed by atoms with Gasteiger partial charge in [-0.1, -0.05) is 158 Å². The standard InChI is InChI=1S/C54H32N4S/c1-3-16-35(17-4-1)44-31-45(36-18-5-2-6-19-36)56-54(55-44)58-47-24-12-11-23-39(47)40-28-29-49-51(53(40)58)43-30-42-41-27-26-34-15-8-10-22-38(34)52(41)57(48(42)32-50(43)59-49)46-25-13-20-33-14-7-9-21-37(33)46/h1-32H. The Kier molecular flexibility index (Phi) is 6.85. The third kappa shape index (κ3) is 4.77. The number of nitrogens with zero attached hydrogens (tertiary/aromatic N) is 4. The van der Waals surface area contributed by atoms with Gasteiger partial charge in [-0.15, -0.1) is 11.3 Å². The summed E-state index contributed by atoms with van der Waals surface area (Å²) in [6, 6.07) is 70.0. The van der Waals surface area contributed by atoms with Gasteiger partial charge in [-0.05, 0) is 47.2 Å². The molecule has 9 aromatic carbocycles. The van der Waals surface area contributed by atoms with Crippen molar-refractivity contribution < 1.29 is 0 Å². The van der Waals surface area contributed by atoms with Crippen molar-refractivity contribution in [2.24, 2.45) is 0 Å². The van der Waals surface area contributed by atoms with Crippen LogP contribution in [0.25, 0.3) is 119 Å². The predicted octanol–water partition coefficient (Wildman–Crippen LogP) is 14.7. The van der Waals surface area contributed by atoms with Crippen molar-refractivity contribution in [1.82, 2.24) is 19.1 Å². The highest BCUT2D eigenvalue weighted by Crippen LogP contribution is 2.47. The molecule has 0 atom stereocenters. The molecule has 4 nitrogen and oxygen atoms in total. The van der Waals surface area contributed by atoms with E-state index < -0.39 is 0 Å². The summed E-state index contributed by atoms with van der Waals surface area (Å²) in [5.41, 5.74) is 9.71. The molecule has 59 heavy (non-hydrogen) atoms. The minimum absolute atomic E-state index is 0.656. The summed E-state index contributed by atoms with van der Waals surface area (Å²) >= 11 is 1.86. The first-order valence-electron chi connectivity index (χ1n) is 20.0. The van der Waals surface area contributed by atoms with E-state index in [-0.39, 0.29) is 0 Å². The van der Waals surface area contributed by atoms with Crippen LogP contribution < -0.4 is 0 Å². The fraction of sp³-hybridized carbons (Fsp3) is 0. The van der Waals surface area contributed by atoms with Gasteiger partial charge in [0.25, 0.3) is 0 Å². The maximum atomic E-state index is 5.38. The number of para-hydroxylation sites is 1. The van der Waals surface area contributed by atoms with Crippen LogP contribution in [0, 0.1) is 0 Å². The molecule has 0 saturated heterocycles. The lowest BCUT2D eigenvalue weighted by molar-refractivity contribution is 0.998. The number of hydrogen-bond acceptors (Lipinski definition) is 3. The number of hydrogen-bond donors (Lipinski definition) is 0. The molecule has 0 aliphatic rings. The highest BCUT2D eigenvalue weighted by atomic mass is 32.1. The molecule has 0 radical (unpaired) electrons. The number of rotatable bonds is 4. The summed E-state index contributed by atoms with van der Waals surface area (Å²) in [5, 5.41) is 12.2. The van der Waals surface area contributed by atoms with Crippen LogP contribution in [0.5, 0.6) is 0 Å². The molecule has 0 N–H and O–H groups in total. The third-order valence-electron chi connectivity index (χ3n) is 12.1. The van der Waals surface area contributed by atoms with E-state index in [4.69, 9.17) is 9.97 Å². The van der Waals surface area contributed by atoms with Crippen molar-refractivity contribution in [2.45, 2.75) is 0 Å². The first kappa shape index (κ1) is 32.5. The summed E-state index contributed by atoms with van der Waals surface area (Å²) in [4.78, 5) is 10.8. The monoisotopic (exact) mass is 768 g/mol. The number of thiophene rings is 1. The molecular weight excluding hydrogens is 737 g/mol. The van der Waals surface area contributed by atoms with E-state index in [2.05, 4.69) is 191 Å². The van der Waals surface area contributed by atoms with Gasteiger partial charge in [0.2, 0.25) is 5.95 Å². The zero-order valence-corrected chi connectivity index (χ0v) is 32.5. The Balaban J connectivity index is 1.17. The van der Waals surface area contributed by atoms with Gasteiger partial charge in [0.05, 0.1) is 39.1 Å². The van der Waals surface area contributed by atoms with Crippen molar-refractivity contribution in [3.63, 3.8) is 0 Å². The Morgan fingerprint density at radius 2 is 0.966 bits per heavy atom. The Morgan fingerprint density at radius 3 is 1.73 bits per heavy atom. The molecule has 0 unspecified atom stereocenters. The lowest BCUT2D eigenvalue weighted by atomic mass is 10.0. The quantitative estimate of drug-likeness (QED) is 0.179. The zero-order chi connectivity index (χ0) is 38.6. The Bertz CT molecular complexity index is 3770. The van der Waals surface area contributed by atoms with Gasteiger partial charge in [0, 0.05) is 63.6 Å². The Morgan fingerprint density at radius 1 is 0.356 bits per heavy atom. The molecule has 4 heterocycles. The third-order valence-corrected chi connectivity index (χ3v) is 13.2. The lowest BCUT2D eigenvalue weighted by Crippen LogP contribution is -2.04. The largest absolute Gasteiger partial charge is 0.308 e. The van der Waals surface area contributed by atoms with Gasteiger partial charge < -0.3 is 4.57 Å². The molecule has 13 rings (SSSR count). The van der Waals surface area contributed by atoms with Gasteiger partial charge in [0.15, 0.2) is 0 Å². The first-order valence-corrected chi connectivity index (χ1v) is 20.8. The van der Waals surface area contributed by atoms with E-state index in [0.29, 0.717) is 5.95 Å². The summed E-state index contributed by atoms with van der Waals surface area (Å²) in [7, 11) is 0. The second-order valence-electron chi connectivity index (χ2n) is 15.3. The second kappa shape index (κ2) is 12.4. The van der Waals surface area contributed by atoms with E-state index in [1.165, 1.54) is 80.0 Å². The van der Waals surface area contributed by atoms with Gasteiger partial charge in [-0.25, -0.2) is 9.97 Å². The van der Waals surface area contributed by atoms with Crippen LogP contribution in [0.4, 0.5) is 0 Å². The normalized spacial score (nSPS) is 12.1. The van der Waals surface area contributed by atoms with E-state index in [9.17, 15) is 0 Å². The molecule has 0 spiro atoms. The molecule has 0 amide bonds. The molecule has 0 saturated carbocycles. The highest BCUT2D eigenvalue weighted by molar-refractivity contribution is 7.26. The minimum atomic E-state index is 0.656. The molecule has 13 aromatic rings. The Labute approximate surface area is 342 Å². The molecule has 0 fully saturated rings. The van der Waals surface area contributed by atoms with Crippen LogP contribution in [0.3, 0.4) is 0 Å². The second-order valence-corrected chi connectivity index (χ2v) is 16.4. The van der Waals surface area contributed by atoms with Crippen molar-refractivity contribution in [3.05, 3.63) is 194 Å². The molecular formula is C54H32N4S. The summed E-state index contributed by atoms with van der Waals surface area (Å²) in [6.07, 6.45) is 0. The van der Waals surface area contributed by atoms with E-state index >= 15 is 0 Å². The van der Waals surface area contributed by atoms with Crippen LogP contribution in [-0.2, 0) is 0 Å². The average molecular weight is 769 g/mol. The van der Waals surface area contributed by atoms with Crippen LogP contribution in [0.2, 0.25) is 0 Å². The average Bonchev–Trinajstić information content (AvgIpc) is 3.95. The van der Waals surface area contributed by atoms with Crippen molar-refractivity contribution >= 4 is 96.7 Å². The predicted molar refractivity (Wildman–Crippen MR) is 249 cm³/mol. The molecule has 0 aliphatic carbocycles. The maximum Gasteiger partial charge on any atom is 0.235 e. The minimum Gasteiger partial charge on any atom is -0.308 e. The van der Waals surface area contributed by atoms with Crippen LogP contribution in [0.1, 0.15) is 0 Å². The molecule has 0 aliphatic heterocycles. The van der Waals surface area contributed by atoms with Crippen molar-refractivity contribution in [1.29, 1.82) is 0 Å². The van der Waals surface area contributed by atoms with Crippen LogP contribution in [-0.4, -0.2) is 19.1 Å². The fourth-order valence-electron chi connectivity index (χ4n) is 9.50. The number of aromatic nitrogens is 4. The number of benzene rings is 9. The molecule has 274 valence electrons. The molecule has 0 bridgehead atoms. The van der Waals surface area contributed by atoms with Crippen molar-refractivity contribution in [2.75, 3.05) is 0 Å². The van der Waals surface area contributed by atoms with Crippen molar-refractivity contribution in [3.8, 4) is 34.2 Å². The summed E-state index contributed by atoms with van der Waals surface area (Å²) in [6.45, 7) is 0. The van der Waals surface area contributed by atoms with E-state index in [1.807, 2.05) is 23.5 Å². The SMILES string of the molecule is c1ccc(-c2cc(-c3ccccc3)nc(-n3c4ccccc4c4ccc5sc6cc7c(cc6c5c43)c3ccc4ccccc4c3n7-c3cccc4ccccc34)n2)cc1. The van der Waals surface area contributed by atoms with Gasteiger partial charge in [0.1, 0.15) is 0 Å². The maximum absolute atomic E-state index is 5.38. The van der Waals surface area contributed by atoms with Crippen LogP contribution >= 0.6 is 11.3 Å². The Hall–Kier alpha value is -7.60.